The molecule has 0 aliphatic heterocycles. The fourth-order valence-corrected chi connectivity index (χ4v) is 3.65. The summed E-state index contributed by atoms with van der Waals surface area (Å²) < 4.78 is 16.8. The summed E-state index contributed by atoms with van der Waals surface area (Å²) >= 11 is 2.06. The number of halogens is 1. The molecule has 3 aromatic rings. The summed E-state index contributed by atoms with van der Waals surface area (Å²) in [5.74, 6) is 0.200. The summed E-state index contributed by atoms with van der Waals surface area (Å²) in [6.07, 6.45) is 1.49. The van der Waals surface area contributed by atoms with E-state index in [2.05, 4.69) is 27.9 Å². The number of carbonyl (C=O) groups is 2. The Bertz CT molecular complexity index is 1230. The Labute approximate surface area is 217 Å². The molecule has 0 saturated heterocycles. The van der Waals surface area contributed by atoms with Crippen molar-refractivity contribution in [1.82, 2.24) is 0 Å². The molecule has 0 aliphatic carbocycles. The summed E-state index contributed by atoms with van der Waals surface area (Å²) in [5, 5.41) is 12.2. The highest BCUT2D eigenvalue weighted by molar-refractivity contribution is 14.1. The molecule has 1 amide bonds. The molecule has 8 heteroatoms. The van der Waals surface area contributed by atoms with Crippen molar-refractivity contribution in [2.75, 3.05) is 18.5 Å². The van der Waals surface area contributed by atoms with Gasteiger partial charge in [0.05, 0.1) is 10.2 Å². The second-order valence-corrected chi connectivity index (χ2v) is 8.37. The lowest BCUT2D eigenvalue weighted by Gasteiger charge is -2.09. The molecule has 0 fully saturated rings. The van der Waals surface area contributed by atoms with Crippen molar-refractivity contribution in [1.29, 1.82) is 5.26 Å². The number of carbonyl (C=O) groups excluding carboxylic acids is 2. The predicted molar refractivity (Wildman–Crippen MR) is 141 cm³/mol. The molecular weight excluding hydrogens is 559 g/mol. The number of nitriles is 1. The molecule has 178 valence electrons. The summed E-state index contributed by atoms with van der Waals surface area (Å²) in [5.41, 5.74) is 2.20. The van der Waals surface area contributed by atoms with Gasteiger partial charge in [0, 0.05) is 5.69 Å². The van der Waals surface area contributed by atoms with Crippen molar-refractivity contribution in [2.45, 2.75) is 13.5 Å². The van der Waals surface area contributed by atoms with E-state index in [1.807, 2.05) is 36.4 Å². The highest BCUT2D eigenvalue weighted by atomic mass is 127. The van der Waals surface area contributed by atoms with Crippen LogP contribution in [0.1, 0.15) is 18.1 Å². The lowest BCUT2D eigenvalue weighted by molar-refractivity contribution is -0.145. The largest absolute Gasteiger partial charge is 0.489 e. The minimum atomic E-state index is -0.525. The predicted octanol–water partition coefficient (Wildman–Crippen LogP) is 5.36. The van der Waals surface area contributed by atoms with Gasteiger partial charge < -0.3 is 19.5 Å². The number of nitrogens with zero attached hydrogens (tertiary/aromatic N) is 1. The summed E-state index contributed by atoms with van der Waals surface area (Å²) in [6, 6.07) is 23.8. The molecule has 0 spiro atoms. The van der Waals surface area contributed by atoms with Crippen LogP contribution in [0, 0.1) is 14.9 Å². The molecule has 0 radical (unpaired) electrons. The van der Waals surface area contributed by atoms with Crippen LogP contribution >= 0.6 is 22.6 Å². The molecule has 35 heavy (non-hydrogen) atoms. The number of amides is 1. The Balaban J connectivity index is 1.59. The topological polar surface area (TPSA) is 97.7 Å². The van der Waals surface area contributed by atoms with E-state index in [1.165, 1.54) is 6.08 Å². The zero-order valence-electron chi connectivity index (χ0n) is 19.0. The maximum atomic E-state index is 12.6. The Morgan fingerprint density at radius 3 is 2.43 bits per heavy atom. The first-order valence-electron chi connectivity index (χ1n) is 10.8. The number of nitrogens with one attached hydrogen (secondary N) is 1. The first-order valence-corrected chi connectivity index (χ1v) is 11.8. The zero-order chi connectivity index (χ0) is 25.0. The van der Waals surface area contributed by atoms with Crippen LogP contribution in [0.3, 0.4) is 0 Å². The van der Waals surface area contributed by atoms with Gasteiger partial charge in [0.1, 0.15) is 29.7 Å². The minimum absolute atomic E-state index is 0.0506. The molecule has 0 unspecified atom stereocenters. The smallest absolute Gasteiger partial charge is 0.344 e. The summed E-state index contributed by atoms with van der Waals surface area (Å²) in [6.45, 7) is 2.26. The zero-order valence-corrected chi connectivity index (χ0v) is 21.2. The summed E-state index contributed by atoms with van der Waals surface area (Å²) in [7, 11) is 0. The van der Waals surface area contributed by atoms with Gasteiger partial charge in [-0.05, 0) is 83.1 Å². The Hall–Kier alpha value is -3.84. The van der Waals surface area contributed by atoms with Crippen molar-refractivity contribution in [3.63, 3.8) is 0 Å². The van der Waals surface area contributed by atoms with E-state index in [1.54, 1.807) is 49.4 Å². The van der Waals surface area contributed by atoms with Crippen LogP contribution in [0.5, 0.6) is 11.5 Å². The third-order valence-electron chi connectivity index (χ3n) is 4.64. The fourth-order valence-electron chi connectivity index (χ4n) is 2.95. The Morgan fingerprint density at radius 2 is 1.77 bits per heavy atom. The number of hydrogen-bond acceptors (Lipinski definition) is 6. The molecule has 0 heterocycles. The highest BCUT2D eigenvalue weighted by Gasteiger charge is 2.11. The van der Waals surface area contributed by atoms with Gasteiger partial charge in [0.15, 0.2) is 6.61 Å². The third kappa shape index (κ3) is 8.15. The van der Waals surface area contributed by atoms with Gasteiger partial charge in [-0.15, -0.1) is 0 Å². The number of esters is 1. The van der Waals surface area contributed by atoms with Gasteiger partial charge in [0.25, 0.3) is 5.91 Å². The molecule has 3 rings (SSSR count). The van der Waals surface area contributed by atoms with Crippen molar-refractivity contribution >= 4 is 46.2 Å². The normalized spacial score (nSPS) is 10.7. The first kappa shape index (κ1) is 25.8. The number of rotatable bonds is 10. The van der Waals surface area contributed by atoms with Crippen LogP contribution in [0.25, 0.3) is 6.08 Å². The van der Waals surface area contributed by atoms with Gasteiger partial charge >= 0.3 is 5.97 Å². The fraction of sp³-hybridized carbons (Fsp3) is 0.148. The van der Waals surface area contributed by atoms with Gasteiger partial charge in [-0.3, -0.25) is 4.79 Å². The summed E-state index contributed by atoms with van der Waals surface area (Å²) in [4.78, 5) is 24.1. The van der Waals surface area contributed by atoms with Crippen molar-refractivity contribution in [3.8, 4) is 17.6 Å². The molecule has 7 nitrogen and oxygen atoms in total. The average molecular weight is 582 g/mol. The number of benzene rings is 3. The monoisotopic (exact) mass is 582 g/mol. The lowest BCUT2D eigenvalue weighted by Crippen LogP contribution is -2.15. The van der Waals surface area contributed by atoms with E-state index in [-0.39, 0.29) is 18.8 Å². The highest BCUT2D eigenvalue weighted by Crippen LogP contribution is 2.24. The van der Waals surface area contributed by atoms with Gasteiger partial charge in [-0.25, -0.2) is 4.79 Å². The molecule has 0 bridgehead atoms. The Morgan fingerprint density at radius 1 is 1.03 bits per heavy atom. The molecular formula is C27H23IN2O5. The van der Waals surface area contributed by atoms with E-state index in [9.17, 15) is 14.9 Å². The number of anilines is 1. The Kier molecular flexibility index (Phi) is 9.69. The van der Waals surface area contributed by atoms with Crippen LogP contribution in [-0.2, 0) is 20.9 Å². The van der Waals surface area contributed by atoms with Crippen LogP contribution in [0.2, 0.25) is 0 Å². The maximum Gasteiger partial charge on any atom is 0.344 e. The average Bonchev–Trinajstić information content (AvgIpc) is 2.87. The number of hydrogen-bond donors (Lipinski definition) is 1. The van der Waals surface area contributed by atoms with Crippen molar-refractivity contribution in [3.05, 3.63) is 93.1 Å². The van der Waals surface area contributed by atoms with Gasteiger partial charge in [0.2, 0.25) is 0 Å². The maximum absolute atomic E-state index is 12.6. The standard InChI is InChI=1S/C27H23IN2O5/c1-2-33-26(31)18-35-25-13-8-20(15-24(25)28)14-21(16-29)27(32)30-22-9-11-23(12-10-22)34-17-19-6-4-3-5-7-19/h3-15H,2,17-18H2,1H3,(H,30,32)/b21-14+. The van der Waals surface area contributed by atoms with Crippen LogP contribution in [0.15, 0.2) is 78.4 Å². The molecule has 0 aliphatic rings. The van der Waals surface area contributed by atoms with E-state index >= 15 is 0 Å². The molecule has 3 aromatic carbocycles. The van der Waals surface area contributed by atoms with Crippen molar-refractivity contribution < 1.29 is 23.8 Å². The van der Waals surface area contributed by atoms with Crippen LogP contribution < -0.4 is 14.8 Å². The van der Waals surface area contributed by atoms with Crippen LogP contribution in [0.4, 0.5) is 5.69 Å². The molecule has 0 saturated carbocycles. The first-order chi connectivity index (χ1) is 17.0. The minimum Gasteiger partial charge on any atom is -0.489 e. The quantitative estimate of drug-likeness (QED) is 0.150. The second-order valence-electron chi connectivity index (χ2n) is 7.21. The third-order valence-corrected chi connectivity index (χ3v) is 5.49. The van der Waals surface area contributed by atoms with E-state index in [0.717, 1.165) is 9.13 Å². The molecule has 0 aromatic heterocycles. The molecule has 1 N–H and O–H groups in total. The van der Waals surface area contributed by atoms with E-state index in [0.29, 0.717) is 29.4 Å². The molecule has 0 atom stereocenters. The number of ether oxygens (including phenoxy) is 3. The second kappa shape index (κ2) is 13.2. The van der Waals surface area contributed by atoms with E-state index < -0.39 is 11.9 Å². The SMILES string of the molecule is CCOC(=O)COc1ccc(/C=C(\C#N)C(=O)Nc2ccc(OCc3ccccc3)cc2)cc1I. The van der Waals surface area contributed by atoms with E-state index in [4.69, 9.17) is 14.2 Å². The van der Waals surface area contributed by atoms with Crippen LogP contribution in [-0.4, -0.2) is 25.1 Å². The van der Waals surface area contributed by atoms with Crippen molar-refractivity contribution in [2.24, 2.45) is 0 Å². The van der Waals surface area contributed by atoms with Gasteiger partial charge in [-0.1, -0.05) is 36.4 Å². The lowest BCUT2D eigenvalue weighted by atomic mass is 10.1. The van der Waals surface area contributed by atoms with Gasteiger partial charge in [-0.2, -0.15) is 5.26 Å².